The monoisotopic (exact) mass is 110 g/mol. The highest BCUT2D eigenvalue weighted by atomic mass is 16.5. The fraction of sp³-hybridized carbons (Fsp3) is 0.600. The summed E-state index contributed by atoms with van der Waals surface area (Å²) in [7, 11) is 1.46. The van der Waals surface area contributed by atoms with Crippen LogP contribution in [-0.2, 0) is 4.74 Å². The van der Waals surface area contributed by atoms with Crippen LogP contribution >= 0.6 is 0 Å². The van der Waals surface area contributed by atoms with E-state index in [2.05, 4.69) is 4.74 Å². The van der Waals surface area contributed by atoms with Crippen molar-refractivity contribution >= 4 is 0 Å². The number of hydrogen-bond donors (Lipinski definition) is 0. The number of rotatable bonds is 2. The molecule has 0 aliphatic heterocycles. The second-order valence-electron chi connectivity index (χ2n) is 1.27. The molecule has 0 aliphatic rings. The molecular weight excluding hydrogens is 104 g/mol. The van der Waals surface area contributed by atoms with Crippen LogP contribution in [0.4, 0.5) is 0 Å². The Morgan fingerprint density at radius 3 is 2.12 bits per heavy atom. The summed E-state index contributed by atoms with van der Waals surface area (Å²) in [4.78, 5) is 0. The van der Waals surface area contributed by atoms with Gasteiger partial charge in [0.05, 0.1) is 18.7 Å². The van der Waals surface area contributed by atoms with Crippen LogP contribution in [0.2, 0.25) is 0 Å². The standard InChI is InChI=1S/C5H6N2O/c1-8-4-5(2-6)3-7/h5H,4H2,1H3. The molecule has 0 saturated carbocycles. The number of nitrogens with zero attached hydrogens (tertiary/aromatic N) is 2. The second-order valence-corrected chi connectivity index (χ2v) is 1.27. The van der Waals surface area contributed by atoms with Gasteiger partial charge in [-0.05, 0) is 0 Å². The van der Waals surface area contributed by atoms with Crippen molar-refractivity contribution in [1.29, 1.82) is 10.5 Å². The van der Waals surface area contributed by atoms with Crippen LogP contribution in [0.1, 0.15) is 0 Å². The van der Waals surface area contributed by atoms with Crippen molar-refractivity contribution in [3.63, 3.8) is 0 Å². The van der Waals surface area contributed by atoms with Gasteiger partial charge in [0, 0.05) is 7.11 Å². The van der Waals surface area contributed by atoms with Crippen molar-refractivity contribution in [2.75, 3.05) is 13.7 Å². The minimum Gasteiger partial charge on any atom is -0.382 e. The lowest BCUT2D eigenvalue weighted by Gasteiger charge is -1.92. The molecule has 3 heteroatoms. The van der Waals surface area contributed by atoms with Crippen LogP contribution in [0.15, 0.2) is 0 Å². The van der Waals surface area contributed by atoms with E-state index in [-0.39, 0.29) is 6.61 Å². The number of hydrogen-bond acceptors (Lipinski definition) is 3. The molecule has 42 valence electrons. The molecule has 0 saturated heterocycles. The SMILES string of the molecule is COCC(C#N)C#N. The minimum absolute atomic E-state index is 0.201. The molecule has 8 heavy (non-hydrogen) atoms. The van der Waals surface area contributed by atoms with Crippen LogP contribution in [-0.4, -0.2) is 13.7 Å². The molecule has 0 aliphatic carbocycles. The first-order valence-electron chi connectivity index (χ1n) is 2.13. The van der Waals surface area contributed by atoms with Gasteiger partial charge in [-0.2, -0.15) is 10.5 Å². The summed E-state index contributed by atoms with van der Waals surface area (Å²) in [6.07, 6.45) is 0. The third-order valence-electron chi connectivity index (χ3n) is 0.645. The third kappa shape index (κ3) is 2.17. The van der Waals surface area contributed by atoms with Crippen LogP contribution in [0.5, 0.6) is 0 Å². The molecule has 0 N–H and O–H groups in total. The lowest BCUT2D eigenvalue weighted by molar-refractivity contribution is 0.188. The second kappa shape index (κ2) is 4.11. The summed E-state index contributed by atoms with van der Waals surface area (Å²) in [6.45, 7) is 0.201. The van der Waals surface area contributed by atoms with Crippen LogP contribution in [0.3, 0.4) is 0 Å². The fourth-order valence-electron chi connectivity index (χ4n) is 0.270. The molecule has 0 aromatic rings. The van der Waals surface area contributed by atoms with Gasteiger partial charge < -0.3 is 4.74 Å². The van der Waals surface area contributed by atoms with Crippen LogP contribution in [0.25, 0.3) is 0 Å². The lowest BCUT2D eigenvalue weighted by atomic mass is 10.2. The van der Waals surface area contributed by atoms with E-state index in [0.29, 0.717) is 0 Å². The lowest BCUT2D eigenvalue weighted by Crippen LogP contribution is -2.01. The molecule has 0 rings (SSSR count). The molecule has 0 atom stereocenters. The zero-order chi connectivity index (χ0) is 6.41. The number of nitriles is 2. The van der Waals surface area contributed by atoms with Gasteiger partial charge in [0.1, 0.15) is 0 Å². The fourth-order valence-corrected chi connectivity index (χ4v) is 0.270. The van der Waals surface area contributed by atoms with Crippen LogP contribution < -0.4 is 0 Å². The molecule has 0 aromatic carbocycles. The Morgan fingerprint density at radius 2 is 2.00 bits per heavy atom. The van der Waals surface area contributed by atoms with E-state index in [1.54, 1.807) is 12.1 Å². The summed E-state index contributed by atoms with van der Waals surface area (Å²) in [5.74, 6) is -0.611. The zero-order valence-electron chi connectivity index (χ0n) is 4.59. The van der Waals surface area contributed by atoms with Crippen molar-refractivity contribution in [1.82, 2.24) is 0 Å². The summed E-state index contributed by atoms with van der Waals surface area (Å²) in [6, 6.07) is 3.53. The molecular formula is C5H6N2O. The van der Waals surface area contributed by atoms with Crippen molar-refractivity contribution in [3.05, 3.63) is 0 Å². The first-order valence-corrected chi connectivity index (χ1v) is 2.13. The minimum atomic E-state index is -0.611. The molecule has 0 unspecified atom stereocenters. The Kier molecular flexibility index (Phi) is 3.56. The van der Waals surface area contributed by atoms with E-state index in [4.69, 9.17) is 10.5 Å². The Bertz CT molecular complexity index is 116. The topological polar surface area (TPSA) is 56.8 Å². The summed E-state index contributed by atoms with van der Waals surface area (Å²) >= 11 is 0. The third-order valence-corrected chi connectivity index (χ3v) is 0.645. The van der Waals surface area contributed by atoms with Crippen LogP contribution in [0, 0.1) is 28.6 Å². The Labute approximate surface area is 48.1 Å². The summed E-state index contributed by atoms with van der Waals surface area (Å²) < 4.78 is 4.54. The van der Waals surface area contributed by atoms with Gasteiger partial charge in [0.15, 0.2) is 5.92 Å². The zero-order valence-corrected chi connectivity index (χ0v) is 4.59. The number of ether oxygens (including phenoxy) is 1. The maximum Gasteiger partial charge on any atom is 0.156 e. The smallest absolute Gasteiger partial charge is 0.156 e. The summed E-state index contributed by atoms with van der Waals surface area (Å²) in [5, 5.41) is 16.2. The van der Waals surface area contributed by atoms with Crippen molar-refractivity contribution in [2.24, 2.45) is 5.92 Å². The number of methoxy groups -OCH3 is 1. The molecule has 0 radical (unpaired) electrons. The Balaban J connectivity index is 3.46. The van der Waals surface area contributed by atoms with E-state index in [1.807, 2.05) is 0 Å². The quantitative estimate of drug-likeness (QED) is 0.513. The highest BCUT2D eigenvalue weighted by molar-refractivity contribution is 4.98. The molecule has 3 nitrogen and oxygen atoms in total. The van der Waals surface area contributed by atoms with Crippen molar-refractivity contribution in [2.45, 2.75) is 0 Å². The van der Waals surface area contributed by atoms with Gasteiger partial charge in [-0.25, -0.2) is 0 Å². The maximum absolute atomic E-state index is 8.10. The van der Waals surface area contributed by atoms with Gasteiger partial charge in [-0.1, -0.05) is 0 Å². The Morgan fingerprint density at radius 1 is 1.50 bits per heavy atom. The first kappa shape index (κ1) is 6.94. The average molecular weight is 110 g/mol. The highest BCUT2D eigenvalue weighted by Gasteiger charge is 2.01. The van der Waals surface area contributed by atoms with Gasteiger partial charge in [0.25, 0.3) is 0 Å². The van der Waals surface area contributed by atoms with Gasteiger partial charge in [-0.3, -0.25) is 0 Å². The van der Waals surface area contributed by atoms with Crippen molar-refractivity contribution in [3.8, 4) is 12.1 Å². The molecule has 0 amide bonds. The van der Waals surface area contributed by atoms with E-state index in [1.165, 1.54) is 7.11 Å². The highest BCUT2D eigenvalue weighted by Crippen LogP contribution is 1.89. The van der Waals surface area contributed by atoms with E-state index in [0.717, 1.165) is 0 Å². The predicted octanol–water partition coefficient (Wildman–Crippen LogP) is 0.296. The molecule has 0 heterocycles. The molecule has 0 aromatic heterocycles. The van der Waals surface area contributed by atoms with Gasteiger partial charge >= 0.3 is 0 Å². The molecule has 0 fully saturated rings. The molecule has 0 spiro atoms. The first-order chi connectivity index (χ1) is 3.85. The largest absolute Gasteiger partial charge is 0.382 e. The predicted molar refractivity (Wildman–Crippen MR) is 26.6 cm³/mol. The maximum atomic E-state index is 8.10. The van der Waals surface area contributed by atoms with Crippen molar-refractivity contribution < 1.29 is 4.74 Å². The van der Waals surface area contributed by atoms with E-state index < -0.39 is 5.92 Å². The summed E-state index contributed by atoms with van der Waals surface area (Å²) in [5.41, 5.74) is 0. The Hall–Kier alpha value is -1.06. The van der Waals surface area contributed by atoms with Gasteiger partial charge in [0.2, 0.25) is 0 Å². The van der Waals surface area contributed by atoms with E-state index >= 15 is 0 Å². The normalized spacial score (nSPS) is 8.00. The average Bonchev–Trinajstić information content (AvgIpc) is 1.83. The van der Waals surface area contributed by atoms with E-state index in [9.17, 15) is 0 Å². The molecule has 0 bridgehead atoms. The van der Waals surface area contributed by atoms with Gasteiger partial charge in [-0.15, -0.1) is 0 Å².